The first kappa shape index (κ1) is 25.4. The smallest absolute Gasteiger partial charge is 0.417 e. The monoisotopic (exact) mass is 422 g/mol. The van der Waals surface area contributed by atoms with E-state index in [1.165, 1.54) is 0 Å². The molecule has 0 saturated carbocycles. The first-order valence-electron chi connectivity index (χ1n) is 9.30. The van der Waals surface area contributed by atoms with Gasteiger partial charge in [0.1, 0.15) is 0 Å². The molecule has 0 aliphatic rings. The molecule has 0 N–H and O–H groups in total. The average molecular weight is 423 g/mol. The predicted molar refractivity (Wildman–Crippen MR) is 119 cm³/mol. The molecule has 0 saturated heterocycles. The van der Waals surface area contributed by atoms with Crippen LogP contribution >= 0.6 is 0 Å². The van der Waals surface area contributed by atoms with Gasteiger partial charge in [0.2, 0.25) is 0 Å². The molecule has 0 heterocycles. The molecule has 0 radical (unpaired) electrons. The van der Waals surface area contributed by atoms with E-state index in [0.717, 1.165) is 18.0 Å². The Morgan fingerprint density at radius 3 is 1.44 bits per heavy atom. The summed E-state index contributed by atoms with van der Waals surface area (Å²) in [5.41, 5.74) is 1.05. The molecule has 0 aromatic rings. The summed E-state index contributed by atoms with van der Waals surface area (Å²) in [5, 5.41) is 0. The van der Waals surface area contributed by atoms with Crippen LogP contribution in [0.3, 0.4) is 0 Å². The second-order valence-corrected chi connectivity index (χ2v) is 26.9. The van der Waals surface area contributed by atoms with Crippen LogP contribution in [0.4, 0.5) is 0 Å². The van der Waals surface area contributed by atoms with Gasteiger partial charge in [-0.2, -0.15) is 0 Å². The van der Waals surface area contributed by atoms with Gasteiger partial charge in [-0.3, -0.25) is 0 Å². The highest BCUT2D eigenvalue weighted by atomic mass is 28.5. The minimum absolute atomic E-state index is 0.143. The molecule has 150 valence electrons. The minimum Gasteiger partial charge on any atom is -0.417 e. The zero-order valence-electron chi connectivity index (χ0n) is 18.5. The van der Waals surface area contributed by atoms with Gasteiger partial charge >= 0.3 is 8.80 Å². The minimum atomic E-state index is -2.74. The van der Waals surface area contributed by atoms with E-state index in [4.69, 9.17) is 17.1 Å². The van der Waals surface area contributed by atoms with Crippen molar-refractivity contribution in [3.05, 3.63) is 12.2 Å². The molecule has 0 rings (SSSR count). The lowest BCUT2D eigenvalue weighted by Gasteiger charge is -2.43. The Morgan fingerprint density at radius 2 is 1.16 bits per heavy atom. The highest BCUT2D eigenvalue weighted by molar-refractivity contribution is 6.90. The summed E-state index contributed by atoms with van der Waals surface area (Å²) in [6, 6.07) is 0.823. The Labute approximate surface area is 161 Å². The van der Waals surface area contributed by atoms with Crippen molar-refractivity contribution >= 4 is 33.8 Å². The molecule has 0 aromatic carbocycles. The fourth-order valence-corrected chi connectivity index (χ4v) is 17.2. The summed E-state index contributed by atoms with van der Waals surface area (Å²) in [4.78, 5) is 0. The Bertz CT molecular complexity index is 381. The van der Waals surface area contributed by atoms with E-state index in [9.17, 15) is 0 Å². The van der Waals surface area contributed by atoms with Crippen molar-refractivity contribution in [2.75, 3.05) is 6.61 Å². The maximum atomic E-state index is 6.68. The summed E-state index contributed by atoms with van der Waals surface area (Å²) >= 11 is 0. The standard InChI is InChI=1S/C17H42O4Si4/c1-16(2)15-18-17(3)13-14-25(19-22(4,5)6,20-23(7,8)9)21-24(10,11)12/h17H,1,13-15H2,2-12H3. The zero-order valence-corrected chi connectivity index (χ0v) is 22.5. The van der Waals surface area contributed by atoms with Crippen molar-refractivity contribution in [1.29, 1.82) is 0 Å². The lowest BCUT2D eigenvalue weighted by Crippen LogP contribution is -2.60. The second kappa shape index (κ2) is 9.58. The molecule has 0 amide bonds. The number of rotatable bonds is 12. The highest BCUT2D eigenvalue weighted by Crippen LogP contribution is 2.30. The normalized spacial score (nSPS) is 15.3. The third kappa shape index (κ3) is 14.2. The van der Waals surface area contributed by atoms with E-state index in [2.05, 4.69) is 72.4 Å². The maximum Gasteiger partial charge on any atom is 0.469 e. The fourth-order valence-electron chi connectivity index (χ4n) is 2.36. The Kier molecular flexibility index (Phi) is 9.76. The molecule has 1 unspecified atom stereocenters. The largest absolute Gasteiger partial charge is 0.469 e. The van der Waals surface area contributed by atoms with Crippen molar-refractivity contribution in [1.82, 2.24) is 0 Å². The molecular formula is C17H42O4Si4. The van der Waals surface area contributed by atoms with Gasteiger partial charge in [0.05, 0.1) is 12.7 Å². The molecule has 25 heavy (non-hydrogen) atoms. The molecule has 0 aliphatic carbocycles. The van der Waals surface area contributed by atoms with E-state index in [0.29, 0.717) is 6.61 Å². The third-order valence-corrected chi connectivity index (χ3v) is 14.8. The lowest BCUT2D eigenvalue weighted by molar-refractivity contribution is 0.0776. The van der Waals surface area contributed by atoms with Gasteiger partial charge in [-0.15, -0.1) is 0 Å². The van der Waals surface area contributed by atoms with E-state index < -0.39 is 33.8 Å². The third-order valence-electron chi connectivity index (χ3n) is 2.86. The highest BCUT2D eigenvalue weighted by Gasteiger charge is 2.49. The van der Waals surface area contributed by atoms with Crippen LogP contribution in [0.5, 0.6) is 0 Å². The van der Waals surface area contributed by atoms with Crippen molar-refractivity contribution in [3.8, 4) is 0 Å². The SMILES string of the molecule is C=C(C)COC(C)CC[Si](O[Si](C)(C)C)(O[Si](C)(C)C)O[Si](C)(C)C. The molecule has 1 atom stereocenters. The van der Waals surface area contributed by atoms with Crippen LogP contribution in [0.15, 0.2) is 12.2 Å². The van der Waals surface area contributed by atoms with E-state index in [1.807, 2.05) is 6.92 Å². The fraction of sp³-hybridized carbons (Fsp3) is 0.882. The Balaban J connectivity index is 5.39. The molecule has 0 bridgehead atoms. The van der Waals surface area contributed by atoms with Crippen LogP contribution < -0.4 is 0 Å². The maximum absolute atomic E-state index is 6.68. The second-order valence-electron chi connectivity index (χ2n) is 9.94. The molecule has 8 heteroatoms. The van der Waals surface area contributed by atoms with Gasteiger partial charge in [0, 0.05) is 6.04 Å². The number of hydrogen-bond donors (Lipinski definition) is 0. The molecule has 0 spiro atoms. The summed E-state index contributed by atoms with van der Waals surface area (Å²) in [6.07, 6.45) is 1.03. The Hall–Kier alpha value is 0.448. The van der Waals surface area contributed by atoms with Crippen LogP contribution in [0.2, 0.25) is 65.0 Å². The number of ether oxygens (including phenoxy) is 1. The van der Waals surface area contributed by atoms with Crippen LogP contribution in [-0.2, 0) is 17.1 Å². The predicted octanol–water partition coefficient (Wildman–Crippen LogP) is 5.85. The van der Waals surface area contributed by atoms with Crippen molar-refractivity contribution in [2.24, 2.45) is 0 Å². The first-order valence-corrected chi connectivity index (χ1v) is 21.5. The van der Waals surface area contributed by atoms with Gasteiger partial charge in [0.25, 0.3) is 0 Å². The van der Waals surface area contributed by atoms with E-state index in [1.54, 1.807) is 0 Å². The molecule has 0 aromatic heterocycles. The van der Waals surface area contributed by atoms with Gasteiger partial charge in [0.15, 0.2) is 25.0 Å². The van der Waals surface area contributed by atoms with Crippen molar-refractivity contribution in [2.45, 2.75) is 91.3 Å². The summed E-state index contributed by atoms with van der Waals surface area (Å²) < 4.78 is 25.9. The summed E-state index contributed by atoms with van der Waals surface area (Å²) in [7, 11) is -8.14. The molecule has 4 nitrogen and oxygen atoms in total. The Morgan fingerprint density at radius 1 is 0.800 bits per heavy atom. The molecule has 0 fully saturated rings. The van der Waals surface area contributed by atoms with Gasteiger partial charge in [-0.05, 0) is 79.2 Å². The van der Waals surface area contributed by atoms with E-state index in [-0.39, 0.29) is 6.10 Å². The van der Waals surface area contributed by atoms with Crippen LogP contribution in [0.1, 0.15) is 20.3 Å². The zero-order chi connectivity index (χ0) is 20.1. The van der Waals surface area contributed by atoms with E-state index >= 15 is 0 Å². The average Bonchev–Trinajstić information content (AvgIpc) is 2.27. The topological polar surface area (TPSA) is 36.9 Å². The van der Waals surface area contributed by atoms with Crippen LogP contribution in [0, 0.1) is 0 Å². The lowest BCUT2D eigenvalue weighted by atomic mass is 10.3. The van der Waals surface area contributed by atoms with Crippen molar-refractivity contribution < 1.29 is 17.1 Å². The quantitative estimate of drug-likeness (QED) is 0.292. The van der Waals surface area contributed by atoms with Crippen molar-refractivity contribution in [3.63, 3.8) is 0 Å². The van der Waals surface area contributed by atoms with Gasteiger partial charge < -0.3 is 17.1 Å². The molecule has 0 aliphatic heterocycles. The first-order chi connectivity index (χ1) is 10.9. The summed E-state index contributed by atoms with van der Waals surface area (Å²) in [6.45, 7) is 28.6. The molecular weight excluding hydrogens is 381 g/mol. The van der Waals surface area contributed by atoms with Crippen LogP contribution in [-0.4, -0.2) is 46.5 Å². The van der Waals surface area contributed by atoms with Gasteiger partial charge in [-0.25, -0.2) is 0 Å². The van der Waals surface area contributed by atoms with Gasteiger partial charge in [-0.1, -0.05) is 12.2 Å². The number of hydrogen-bond acceptors (Lipinski definition) is 4. The van der Waals surface area contributed by atoms with Crippen LogP contribution in [0.25, 0.3) is 0 Å². The summed E-state index contributed by atoms with van der Waals surface area (Å²) in [5.74, 6) is 0.